The van der Waals surface area contributed by atoms with Crippen molar-refractivity contribution >= 4 is 30.9 Å². The van der Waals surface area contributed by atoms with E-state index >= 15 is 0 Å². The molecule has 30 heavy (non-hydrogen) atoms. The lowest BCUT2D eigenvalue weighted by atomic mass is 9.81. The third kappa shape index (κ3) is 5.09. The molecule has 0 aromatic heterocycles. The molecule has 0 spiro atoms. The van der Waals surface area contributed by atoms with Crippen LogP contribution in [0.5, 0.6) is 0 Å². The first-order chi connectivity index (χ1) is 13.5. The summed E-state index contributed by atoms with van der Waals surface area (Å²) < 4.78 is 0. The largest absolute Gasteiger partial charge is 0.465 e. The van der Waals surface area contributed by atoms with Gasteiger partial charge in [0.15, 0.2) is 0 Å². The normalized spacial score (nSPS) is 21.4. The van der Waals surface area contributed by atoms with E-state index in [-0.39, 0.29) is 36.8 Å². The van der Waals surface area contributed by atoms with Crippen molar-refractivity contribution in [1.29, 1.82) is 0 Å². The van der Waals surface area contributed by atoms with Gasteiger partial charge in [0.25, 0.3) is 0 Å². The van der Waals surface area contributed by atoms with Crippen LogP contribution in [0.3, 0.4) is 0 Å². The fourth-order valence-electron chi connectivity index (χ4n) is 4.67. The van der Waals surface area contributed by atoms with Crippen molar-refractivity contribution in [2.45, 2.75) is 31.8 Å². The minimum absolute atomic E-state index is 0. The number of amides is 1. The SMILES string of the molecule is Cc1ccc(C(c2ccc(C)cc2)C2CNCC3CN(C(=O)O)CCN32)cc1.Cl.Cl. The highest BCUT2D eigenvalue weighted by Gasteiger charge is 2.40. The molecule has 0 bridgehead atoms. The van der Waals surface area contributed by atoms with E-state index in [1.54, 1.807) is 4.90 Å². The maximum absolute atomic E-state index is 11.4. The van der Waals surface area contributed by atoms with Crippen LogP contribution < -0.4 is 5.32 Å². The second kappa shape index (κ2) is 10.5. The summed E-state index contributed by atoms with van der Waals surface area (Å²) in [6.45, 7) is 7.94. The van der Waals surface area contributed by atoms with E-state index in [9.17, 15) is 9.90 Å². The quantitative estimate of drug-likeness (QED) is 0.742. The maximum atomic E-state index is 11.4. The number of aryl methyl sites for hydroxylation is 2. The Labute approximate surface area is 191 Å². The van der Waals surface area contributed by atoms with Crippen LogP contribution in [-0.2, 0) is 0 Å². The summed E-state index contributed by atoms with van der Waals surface area (Å²) in [5.41, 5.74) is 5.17. The van der Waals surface area contributed by atoms with Crippen LogP contribution in [0.15, 0.2) is 48.5 Å². The Morgan fingerprint density at radius 3 is 1.97 bits per heavy atom. The molecule has 2 unspecified atom stereocenters. The van der Waals surface area contributed by atoms with Gasteiger partial charge in [-0.15, -0.1) is 24.8 Å². The van der Waals surface area contributed by atoms with E-state index in [1.165, 1.54) is 22.3 Å². The Morgan fingerprint density at radius 2 is 1.47 bits per heavy atom. The van der Waals surface area contributed by atoms with Crippen LogP contribution in [0.2, 0.25) is 0 Å². The first-order valence-electron chi connectivity index (χ1n) is 10.1. The first kappa shape index (κ1) is 24.5. The highest BCUT2D eigenvalue weighted by Crippen LogP contribution is 2.34. The summed E-state index contributed by atoms with van der Waals surface area (Å²) in [6.07, 6.45) is -0.810. The number of hydrogen-bond donors (Lipinski definition) is 2. The molecule has 0 saturated carbocycles. The van der Waals surface area contributed by atoms with Gasteiger partial charge in [0.2, 0.25) is 0 Å². The number of nitrogens with zero attached hydrogens (tertiary/aromatic N) is 2. The van der Waals surface area contributed by atoms with Crippen LogP contribution in [-0.4, -0.2) is 65.8 Å². The molecule has 2 aromatic rings. The van der Waals surface area contributed by atoms with Gasteiger partial charge in [-0.2, -0.15) is 0 Å². The Bertz CT molecular complexity index is 784. The van der Waals surface area contributed by atoms with Crippen molar-refractivity contribution in [2.24, 2.45) is 0 Å². The molecule has 164 valence electrons. The number of piperazine rings is 2. The van der Waals surface area contributed by atoms with E-state index in [2.05, 4.69) is 72.6 Å². The van der Waals surface area contributed by atoms with Gasteiger partial charge >= 0.3 is 6.09 Å². The van der Waals surface area contributed by atoms with Crippen LogP contribution in [0.1, 0.15) is 28.2 Å². The number of rotatable bonds is 3. The van der Waals surface area contributed by atoms with Gasteiger partial charge in [-0.05, 0) is 25.0 Å². The fraction of sp³-hybridized carbons (Fsp3) is 0.435. The lowest BCUT2D eigenvalue weighted by molar-refractivity contribution is 0.0179. The molecule has 0 radical (unpaired) electrons. The molecule has 4 rings (SSSR count). The number of nitrogens with one attached hydrogen (secondary N) is 1. The fourth-order valence-corrected chi connectivity index (χ4v) is 4.67. The zero-order chi connectivity index (χ0) is 19.7. The molecular weight excluding hydrogens is 421 g/mol. The topological polar surface area (TPSA) is 55.8 Å². The molecule has 1 amide bonds. The lowest BCUT2D eigenvalue weighted by Gasteiger charge is -2.50. The predicted molar refractivity (Wildman–Crippen MR) is 125 cm³/mol. The maximum Gasteiger partial charge on any atom is 0.407 e. The van der Waals surface area contributed by atoms with E-state index in [0.29, 0.717) is 19.1 Å². The Morgan fingerprint density at radius 1 is 0.933 bits per heavy atom. The number of hydrogen-bond acceptors (Lipinski definition) is 3. The molecule has 2 N–H and O–H groups in total. The van der Waals surface area contributed by atoms with Gasteiger partial charge in [0.05, 0.1) is 0 Å². The van der Waals surface area contributed by atoms with Crippen molar-refractivity contribution < 1.29 is 9.90 Å². The van der Waals surface area contributed by atoms with E-state index in [1.807, 2.05) is 0 Å². The summed E-state index contributed by atoms with van der Waals surface area (Å²) in [7, 11) is 0. The predicted octanol–water partition coefficient (Wildman–Crippen LogP) is 3.91. The Kier molecular flexibility index (Phi) is 8.56. The number of carbonyl (C=O) groups is 1. The third-order valence-electron chi connectivity index (χ3n) is 6.22. The van der Waals surface area contributed by atoms with Gasteiger partial charge in [-0.25, -0.2) is 4.79 Å². The Balaban J connectivity index is 0.00000160. The summed E-state index contributed by atoms with van der Waals surface area (Å²) >= 11 is 0. The molecule has 0 aliphatic carbocycles. The highest BCUT2D eigenvalue weighted by molar-refractivity contribution is 5.85. The molecule has 2 heterocycles. The van der Waals surface area contributed by atoms with Crippen LogP contribution in [0, 0.1) is 13.8 Å². The van der Waals surface area contributed by atoms with Crippen molar-refractivity contribution in [3.05, 3.63) is 70.8 Å². The smallest absolute Gasteiger partial charge is 0.407 e. The van der Waals surface area contributed by atoms with Crippen LogP contribution >= 0.6 is 24.8 Å². The zero-order valence-electron chi connectivity index (χ0n) is 17.5. The van der Waals surface area contributed by atoms with Gasteiger partial charge in [-0.3, -0.25) is 4.90 Å². The van der Waals surface area contributed by atoms with E-state index < -0.39 is 6.09 Å². The molecule has 2 aromatic carbocycles. The molecular formula is C23H31Cl2N3O2. The van der Waals surface area contributed by atoms with Crippen molar-refractivity contribution in [1.82, 2.24) is 15.1 Å². The Hall–Kier alpha value is -1.79. The summed E-state index contributed by atoms with van der Waals surface area (Å²) in [5.74, 6) is 0.257. The molecule has 7 heteroatoms. The number of halogens is 2. The second-order valence-electron chi connectivity index (χ2n) is 8.14. The van der Waals surface area contributed by atoms with Crippen molar-refractivity contribution in [3.63, 3.8) is 0 Å². The van der Waals surface area contributed by atoms with Crippen molar-refractivity contribution in [3.8, 4) is 0 Å². The van der Waals surface area contributed by atoms with E-state index in [0.717, 1.165) is 19.6 Å². The second-order valence-corrected chi connectivity index (χ2v) is 8.14. The van der Waals surface area contributed by atoms with Gasteiger partial charge in [-0.1, -0.05) is 59.7 Å². The van der Waals surface area contributed by atoms with E-state index in [4.69, 9.17) is 0 Å². The summed E-state index contributed by atoms with van der Waals surface area (Å²) in [5, 5.41) is 13.0. The third-order valence-corrected chi connectivity index (χ3v) is 6.22. The van der Waals surface area contributed by atoms with Gasteiger partial charge in [0.1, 0.15) is 0 Å². The molecule has 5 nitrogen and oxygen atoms in total. The standard InChI is InChI=1S/C23H29N3O2.2ClH/c1-16-3-7-18(8-4-16)22(19-9-5-17(2)6-10-19)21-14-24-13-20-15-25(23(27)28)11-12-26(20)21;;/h3-10,20-22,24H,11-15H2,1-2H3,(H,27,28);2*1H. The minimum Gasteiger partial charge on any atom is -0.465 e. The molecule has 2 aliphatic rings. The minimum atomic E-state index is -0.810. The molecule has 2 fully saturated rings. The van der Waals surface area contributed by atoms with Crippen LogP contribution in [0.25, 0.3) is 0 Å². The zero-order valence-corrected chi connectivity index (χ0v) is 19.1. The number of fused-ring (bicyclic) bond motifs is 1. The average molecular weight is 452 g/mol. The summed E-state index contributed by atoms with van der Waals surface area (Å²) in [6, 6.07) is 18.3. The van der Waals surface area contributed by atoms with Crippen LogP contribution in [0.4, 0.5) is 4.79 Å². The molecule has 2 saturated heterocycles. The molecule has 2 aliphatic heterocycles. The first-order valence-corrected chi connectivity index (χ1v) is 10.1. The highest BCUT2D eigenvalue weighted by atomic mass is 35.5. The average Bonchev–Trinajstić information content (AvgIpc) is 2.70. The number of carboxylic acid groups (broad SMARTS) is 1. The van der Waals surface area contributed by atoms with Crippen molar-refractivity contribution in [2.75, 3.05) is 32.7 Å². The lowest BCUT2D eigenvalue weighted by Crippen LogP contribution is -2.66. The summed E-state index contributed by atoms with van der Waals surface area (Å²) in [4.78, 5) is 15.5. The van der Waals surface area contributed by atoms with Gasteiger partial charge in [0, 0.05) is 50.7 Å². The molecule has 2 atom stereocenters. The monoisotopic (exact) mass is 451 g/mol. The van der Waals surface area contributed by atoms with Gasteiger partial charge < -0.3 is 15.3 Å². The number of benzene rings is 2.